The van der Waals surface area contributed by atoms with Crippen LogP contribution in [-0.2, 0) is 11.3 Å². The van der Waals surface area contributed by atoms with E-state index in [2.05, 4.69) is 48.1 Å². The first-order valence-corrected chi connectivity index (χ1v) is 7.22. The smallest absolute Gasteiger partial charge is 0.129 e. The van der Waals surface area contributed by atoms with E-state index in [0.29, 0.717) is 0 Å². The van der Waals surface area contributed by atoms with Crippen LogP contribution in [0.4, 0.5) is 5.82 Å². The maximum absolute atomic E-state index is 5.43. The molecule has 0 aliphatic carbocycles. The van der Waals surface area contributed by atoms with Crippen LogP contribution in [0.5, 0.6) is 0 Å². The molecule has 0 spiro atoms. The number of anilines is 1. The van der Waals surface area contributed by atoms with Crippen molar-refractivity contribution < 1.29 is 4.74 Å². The maximum Gasteiger partial charge on any atom is 0.129 e. The normalized spacial score (nSPS) is 10.7. The fourth-order valence-corrected chi connectivity index (χ4v) is 2.01. The molecule has 0 unspecified atom stereocenters. The Bertz CT molecular complexity index is 368. The number of rotatable bonds is 9. The number of ether oxygens (including phenoxy) is 1. The number of aryl methyl sites for hydroxylation is 1. The van der Waals surface area contributed by atoms with Gasteiger partial charge in [-0.1, -0.05) is 6.92 Å². The van der Waals surface area contributed by atoms with Crippen molar-refractivity contribution in [2.75, 3.05) is 37.7 Å². The quantitative estimate of drug-likeness (QED) is 0.696. The van der Waals surface area contributed by atoms with Crippen LogP contribution >= 0.6 is 0 Å². The van der Waals surface area contributed by atoms with E-state index in [0.717, 1.165) is 50.9 Å². The molecule has 0 saturated carbocycles. The second kappa shape index (κ2) is 8.88. The molecule has 0 saturated heterocycles. The average molecular weight is 265 g/mol. The highest BCUT2D eigenvalue weighted by Gasteiger charge is 2.07. The first-order valence-electron chi connectivity index (χ1n) is 7.22. The second-order valence-electron chi connectivity index (χ2n) is 4.53. The molecule has 1 aromatic rings. The van der Waals surface area contributed by atoms with Gasteiger partial charge in [0.05, 0.1) is 6.61 Å². The molecule has 1 N–H and O–H groups in total. The minimum Gasteiger partial charge on any atom is -0.380 e. The van der Waals surface area contributed by atoms with Crippen LogP contribution in [0.1, 0.15) is 32.0 Å². The summed E-state index contributed by atoms with van der Waals surface area (Å²) in [5, 5.41) is 3.36. The summed E-state index contributed by atoms with van der Waals surface area (Å²) < 4.78 is 5.43. The standard InChI is InChI=1S/C15H27N3O/c1-5-16-12-14-10-13(4)17-15(11-14)18(6-2)8-9-19-7-3/h10-11,16H,5-9,12H2,1-4H3. The third-order valence-electron chi connectivity index (χ3n) is 2.99. The zero-order chi connectivity index (χ0) is 14.1. The van der Waals surface area contributed by atoms with Gasteiger partial charge in [0.15, 0.2) is 0 Å². The van der Waals surface area contributed by atoms with Gasteiger partial charge in [0.25, 0.3) is 0 Å². The van der Waals surface area contributed by atoms with Crippen molar-refractivity contribution in [2.45, 2.75) is 34.2 Å². The molecule has 0 bridgehead atoms. The van der Waals surface area contributed by atoms with E-state index in [-0.39, 0.29) is 0 Å². The molecule has 0 fully saturated rings. The number of pyridine rings is 1. The van der Waals surface area contributed by atoms with E-state index >= 15 is 0 Å². The van der Waals surface area contributed by atoms with Gasteiger partial charge in [0.1, 0.15) is 5.82 Å². The fourth-order valence-electron chi connectivity index (χ4n) is 2.01. The first kappa shape index (κ1) is 15.9. The topological polar surface area (TPSA) is 37.4 Å². The summed E-state index contributed by atoms with van der Waals surface area (Å²) in [4.78, 5) is 6.90. The summed E-state index contributed by atoms with van der Waals surface area (Å²) in [5.74, 6) is 1.05. The van der Waals surface area contributed by atoms with Crippen molar-refractivity contribution in [1.29, 1.82) is 0 Å². The van der Waals surface area contributed by atoms with Gasteiger partial charge in [0, 0.05) is 31.9 Å². The SMILES string of the molecule is CCNCc1cc(C)nc(N(CC)CCOCC)c1. The van der Waals surface area contributed by atoms with Crippen molar-refractivity contribution in [3.05, 3.63) is 23.4 Å². The van der Waals surface area contributed by atoms with Gasteiger partial charge in [-0.05, 0) is 45.0 Å². The summed E-state index contributed by atoms with van der Waals surface area (Å²) >= 11 is 0. The van der Waals surface area contributed by atoms with Gasteiger partial charge >= 0.3 is 0 Å². The Kier molecular flexibility index (Phi) is 7.45. The molecule has 0 amide bonds. The molecule has 1 aromatic heterocycles. The Morgan fingerprint density at radius 3 is 2.68 bits per heavy atom. The molecular formula is C15H27N3O. The lowest BCUT2D eigenvalue weighted by molar-refractivity contribution is 0.154. The molecule has 4 nitrogen and oxygen atoms in total. The van der Waals surface area contributed by atoms with E-state index in [1.807, 2.05) is 6.92 Å². The van der Waals surface area contributed by atoms with Gasteiger partial charge in [-0.25, -0.2) is 4.98 Å². The van der Waals surface area contributed by atoms with Gasteiger partial charge in [-0.3, -0.25) is 0 Å². The molecule has 108 valence electrons. The monoisotopic (exact) mass is 265 g/mol. The van der Waals surface area contributed by atoms with E-state index in [1.165, 1.54) is 5.56 Å². The van der Waals surface area contributed by atoms with Crippen LogP contribution in [0.15, 0.2) is 12.1 Å². The molecule has 0 aromatic carbocycles. The highest BCUT2D eigenvalue weighted by atomic mass is 16.5. The third kappa shape index (κ3) is 5.57. The Morgan fingerprint density at radius 2 is 2.05 bits per heavy atom. The number of likely N-dealkylation sites (N-methyl/N-ethyl adjacent to an activating group) is 1. The van der Waals surface area contributed by atoms with Gasteiger partial charge in [-0.2, -0.15) is 0 Å². The molecule has 4 heteroatoms. The van der Waals surface area contributed by atoms with E-state index < -0.39 is 0 Å². The molecule has 0 radical (unpaired) electrons. The van der Waals surface area contributed by atoms with Crippen molar-refractivity contribution in [3.63, 3.8) is 0 Å². The van der Waals surface area contributed by atoms with Crippen molar-refractivity contribution in [2.24, 2.45) is 0 Å². The van der Waals surface area contributed by atoms with Crippen molar-refractivity contribution in [3.8, 4) is 0 Å². The van der Waals surface area contributed by atoms with Crippen LogP contribution in [0.25, 0.3) is 0 Å². The van der Waals surface area contributed by atoms with Gasteiger partial charge < -0.3 is 15.0 Å². The molecule has 0 aliphatic rings. The first-order chi connectivity index (χ1) is 9.21. The lowest BCUT2D eigenvalue weighted by atomic mass is 10.2. The van der Waals surface area contributed by atoms with Crippen LogP contribution in [0, 0.1) is 6.92 Å². The fraction of sp³-hybridized carbons (Fsp3) is 0.667. The molecule has 0 atom stereocenters. The molecule has 19 heavy (non-hydrogen) atoms. The van der Waals surface area contributed by atoms with Crippen LogP contribution < -0.4 is 10.2 Å². The lowest BCUT2D eigenvalue weighted by Crippen LogP contribution is -2.28. The number of aromatic nitrogens is 1. The number of hydrogen-bond donors (Lipinski definition) is 1. The predicted octanol–water partition coefficient (Wildman–Crippen LogP) is 2.36. The van der Waals surface area contributed by atoms with Crippen molar-refractivity contribution in [1.82, 2.24) is 10.3 Å². The largest absolute Gasteiger partial charge is 0.380 e. The Morgan fingerprint density at radius 1 is 1.26 bits per heavy atom. The highest BCUT2D eigenvalue weighted by molar-refractivity contribution is 5.42. The summed E-state index contributed by atoms with van der Waals surface area (Å²) in [6.07, 6.45) is 0. The predicted molar refractivity (Wildman–Crippen MR) is 80.7 cm³/mol. The molecule has 1 heterocycles. The maximum atomic E-state index is 5.43. The number of hydrogen-bond acceptors (Lipinski definition) is 4. The number of nitrogens with zero attached hydrogens (tertiary/aromatic N) is 2. The average Bonchev–Trinajstić information content (AvgIpc) is 2.41. The minimum absolute atomic E-state index is 0.752. The number of nitrogens with one attached hydrogen (secondary N) is 1. The van der Waals surface area contributed by atoms with E-state index in [9.17, 15) is 0 Å². The summed E-state index contributed by atoms with van der Waals surface area (Å²) in [6, 6.07) is 4.31. The second-order valence-corrected chi connectivity index (χ2v) is 4.53. The van der Waals surface area contributed by atoms with Gasteiger partial charge in [-0.15, -0.1) is 0 Å². The molecule has 0 aliphatic heterocycles. The third-order valence-corrected chi connectivity index (χ3v) is 2.99. The summed E-state index contributed by atoms with van der Waals surface area (Å²) in [6.45, 7) is 13.6. The van der Waals surface area contributed by atoms with E-state index in [1.54, 1.807) is 0 Å². The zero-order valence-corrected chi connectivity index (χ0v) is 12.7. The highest BCUT2D eigenvalue weighted by Crippen LogP contribution is 2.15. The van der Waals surface area contributed by atoms with Gasteiger partial charge in [0.2, 0.25) is 0 Å². The molecule has 1 rings (SSSR count). The van der Waals surface area contributed by atoms with E-state index in [4.69, 9.17) is 4.74 Å². The molecular weight excluding hydrogens is 238 g/mol. The Hall–Kier alpha value is -1.13. The minimum atomic E-state index is 0.752. The summed E-state index contributed by atoms with van der Waals surface area (Å²) in [7, 11) is 0. The van der Waals surface area contributed by atoms with Crippen LogP contribution in [-0.4, -0.2) is 37.8 Å². The lowest BCUT2D eigenvalue weighted by Gasteiger charge is -2.23. The van der Waals surface area contributed by atoms with Crippen LogP contribution in [0.3, 0.4) is 0 Å². The summed E-state index contributed by atoms with van der Waals surface area (Å²) in [5.41, 5.74) is 2.36. The zero-order valence-electron chi connectivity index (χ0n) is 12.7. The van der Waals surface area contributed by atoms with Crippen LogP contribution in [0.2, 0.25) is 0 Å². The van der Waals surface area contributed by atoms with Crippen molar-refractivity contribution >= 4 is 5.82 Å². The Balaban J connectivity index is 2.75. The Labute approximate surface area is 117 Å².